The van der Waals surface area contributed by atoms with E-state index < -0.39 is 0 Å². The zero-order valence-corrected chi connectivity index (χ0v) is 11.8. The molecule has 3 nitrogen and oxygen atoms in total. The Morgan fingerprint density at radius 3 is 2.41 bits per heavy atom. The lowest BCUT2D eigenvalue weighted by atomic mass is 10.1. The lowest BCUT2D eigenvalue weighted by Crippen LogP contribution is -2.44. The van der Waals surface area contributed by atoms with Gasteiger partial charge in [0.1, 0.15) is 0 Å². The van der Waals surface area contributed by atoms with Crippen LogP contribution in [0, 0.1) is 0 Å². The van der Waals surface area contributed by atoms with Crippen LogP contribution in [0.3, 0.4) is 0 Å². The molecular weight excluding hydrogens is 212 g/mol. The van der Waals surface area contributed by atoms with E-state index in [0.29, 0.717) is 11.9 Å². The molecule has 1 fully saturated rings. The number of carbonyl (C=O) groups is 1. The molecule has 1 aliphatic heterocycles. The first-order valence-corrected chi connectivity index (χ1v) is 7.27. The summed E-state index contributed by atoms with van der Waals surface area (Å²) in [5, 5.41) is 3.49. The quantitative estimate of drug-likeness (QED) is 0.742. The third-order valence-electron chi connectivity index (χ3n) is 3.74. The smallest absolute Gasteiger partial charge is 0.241 e. The predicted octanol–water partition coefficient (Wildman–Crippen LogP) is 2.90. The van der Waals surface area contributed by atoms with Gasteiger partial charge < -0.3 is 4.90 Å². The molecule has 0 aromatic rings. The number of hydrogen-bond acceptors (Lipinski definition) is 2. The van der Waals surface area contributed by atoms with Crippen molar-refractivity contribution < 1.29 is 4.79 Å². The van der Waals surface area contributed by atoms with E-state index in [1.54, 1.807) is 0 Å². The van der Waals surface area contributed by atoms with Gasteiger partial charge in [0.25, 0.3) is 0 Å². The molecule has 1 N–H and O–H groups in total. The molecule has 0 aromatic heterocycles. The van der Waals surface area contributed by atoms with Gasteiger partial charge in [-0.25, -0.2) is 0 Å². The molecule has 0 aliphatic carbocycles. The molecule has 17 heavy (non-hydrogen) atoms. The summed E-state index contributed by atoms with van der Waals surface area (Å²) < 4.78 is 0. The summed E-state index contributed by atoms with van der Waals surface area (Å²) in [6, 6.07) is 0.477. The van der Waals surface area contributed by atoms with Crippen molar-refractivity contribution in [2.45, 2.75) is 84.5 Å². The summed E-state index contributed by atoms with van der Waals surface area (Å²) in [7, 11) is 0. The van der Waals surface area contributed by atoms with Gasteiger partial charge in [-0.1, -0.05) is 40.5 Å². The molecule has 1 aliphatic rings. The molecule has 3 unspecified atom stereocenters. The second-order valence-electron chi connectivity index (χ2n) is 5.03. The molecule has 0 saturated carbocycles. The van der Waals surface area contributed by atoms with E-state index in [0.717, 1.165) is 38.5 Å². The van der Waals surface area contributed by atoms with Crippen molar-refractivity contribution in [3.8, 4) is 0 Å². The van der Waals surface area contributed by atoms with Crippen molar-refractivity contribution >= 4 is 5.91 Å². The van der Waals surface area contributed by atoms with Crippen LogP contribution in [0.5, 0.6) is 0 Å². The number of hydrogen-bond donors (Lipinski definition) is 1. The Morgan fingerprint density at radius 1 is 1.24 bits per heavy atom. The van der Waals surface area contributed by atoms with Crippen molar-refractivity contribution in [1.82, 2.24) is 10.2 Å². The SMILES string of the molecule is CCCC(CC)N1C(=O)C(CC)NC1CCC. The largest absolute Gasteiger partial charge is 0.323 e. The van der Waals surface area contributed by atoms with Crippen LogP contribution in [0.4, 0.5) is 0 Å². The van der Waals surface area contributed by atoms with Crippen LogP contribution < -0.4 is 5.32 Å². The van der Waals surface area contributed by atoms with E-state index in [1.807, 2.05) is 0 Å². The Hall–Kier alpha value is -0.570. The fraction of sp³-hybridized carbons (Fsp3) is 0.929. The van der Waals surface area contributed by atoms with Gasteiger partial charge in [-0.2, -0.15) is 0 Å². The third kappa shape index (κ3) is 3.21. The zero-order chi connectivity index (χ0) is 12.8. The fourth-order valence-corrected chi connectivity index (χ4v) is 2.81. The van der Waals surface area contributed by atoms with Gasteiger partial charge in [-0.05, 0) is 25.7 Å². The van der Waals surface area contributed by atoms with Gasteiger partial charge in [0.2, 0.25) is 5.91 Å². The van der Waals surface area contributed by atoms with E-state index in [2.05, 4.69) is 37.9 Å². The first kappa shape index (κ1) is 14.5. The molecule has 1 amide bonds. The van der Waals surface area contributed by atoms with Crippen molar-refractivity contribution in [2.75, 3.05) is 0 Å². The summed E-state index contributed by atoms with van der Waals surface area (Å²) in [5.74, 6) is 0.325. The van der Waals surface area contributed by atoms with Crippen LogP contribution in [-0.2, 0) is 4.79 Å². The maximum absolute atomic E-state index is 12.4. The Morgan fingerprint density at radius 2 is 1.94 bits per heavy atom. The van der Waals surface area contributed by atoms with Crippen LogP contribution in [0.2, 0.25) is 0 Å². The molecule has 1 rings (SSSR count). The Balaban J connectivity index is 2.78. The molecule has 0 radical (unpaired) electrons. The number of nitrogens with zero attached hydrogens (tertiary/aromatic N) is 1. The standard InChI is InChI=1S/C14H28N2O/c1-5-9-11(7-3)16-13(10-6-2)15-12(8-4)14(16)17/h11-13,15H,5-10H2,1-4H3. The lowest BCUT2D eigenvalue weighted by molar-refractivity contribution is -0.132. The molecule has 0 aromatic carbocycles. The highest BCUT2D eigenvalue weighted by Gasteiger charge is 2.39. The first-order chi connectivity index (χ1) is 8.19. The predicted molar refractivity (Wildman–Crippen MR) is 71.7 cm³/mol. The highest BCUT2D eigenvalue weighted by atomic mass is 16.2. The van der Waals surface area contributed by atoms with Gasteiger partial charge in [-0.3, -0.25) is 10.1 Å². The van der Waals surface area contributed by atoms with Gasteiger partial charge in [0.05, 0.1) is 12.2 Å². The average Bonchev–Trinajstić information content (AvgIpc) is 2.64. The first-order valence-electron chi connectivity index (χ1n) is 7.27. The van der Waals surface area contributed by atoms with Crippen LogP contribution >= 0.6 is 0 Å². The number of nitrogens with one attached hydrogen (secondary N) is 1. The van der Waals surface area contributed by atoms with Crippen molar-refractivity contribution in [1.29, 1.82) is 0 Å². The topological polar surface area (TPSA) is 32.3 Å². The monoisotopic (exact) mass is 240 g/mol. The zero-order valence-electron chi connectivity index (χ0n) is 11.8. The molecular formula is C14H28N2O. The summed E-state index contributed by atoms with van der Waals surface area (Å²) in [5.41, 5.74) is 0. The van der Waals surface area contributed by atoms with E-state index >= 15 is 0 Å². The van der Waals surface area contributed by atoms with Gasteiger partial charge in [0, 0.05) is 6.04 Å². The molecule has 1 saturated heterocycles. The second-order valence-corrected chi connectivity index (χ2v) is 5.03. The molecule has 0 bridgehead atoms. The van der Waals surface area contributed by atoms with Crippen molar-refractivity contribution in [3.05, 3.63) is 0 Å². The fourth-order valence-electron chi connectivity index (χ4n) is 2.81. The van der Waals surface area contributed by atoms with Gasteiger partial charge in [-0.15, -0.1) is 0 Å². The summed E-state index contributed by atoms with van der Waals surface area (Å²) in [6.45, 7) is 8.66. The molecule has 0 spiro atoms. The van der Waals surface area contributed by atoms with Crippen LogP contribution in [-0.4, -0.2) is 29.1 Å². The van der Waals surface area contributed by atoms with Crippen molar-refractivity contribution in [2.24, 2.45) is 0 Å². The summed E-state index contributed by atoms with van der Waals surface area (Å²) >= 11 is 0. The van der Waals surface area contributed by atoms with Gasteiger partial charge >= 0.3 is 0 Å². The average molecular weight is 240 g/mol. The molecule has 100 valence electrons. The maximum atomic E-state index is 12.4. The molecule has 1 heterocycles. The highest BCUT2D eigenvalue weighted by molar-refractivity contribution is 5.84. The van der Waals surface area contributed by atoms with E-state index in [1.165, 1.54) is 0 Å². The number of carbonyl (C=O) groups excluding carboxylic acids is 1. The molecule has 3 atom stereocenters. The van der Waals surface area contributed by atoms with Crippen LogP contribution in [0.1, 0.15) is 66.2 Å². The third-order valence-corrected chi connectivity index (χ3v) is 3.74. The minimum absolute atomic E-state index is 0.0532. The van der Waals surface area contributed by atoms with Gasteiger partial charge in [0.15, 0.2) is 0 Å². The second kappa shape index (κ2) is 7.00. The van der Waals surface area contributed by atoms with E-state index in [-0.39, 0.29) is 12.2 Å². The Labute approximate surface area is 106 Å². The van der Waals surface area contributed by atoms with Crippen LogP contribution in [0.25, 0.3) is 0 Å². The van der Waals surface area contributed by atoms with Crippen molar-refractivity contribution in [3.63, 3.8) is 0 Å². The summed E-state index contributed by atoms with van der Waals surface area (Å²) in [4.78, 5) is 14.5. The Kier molecular flexibility index (Phi) is 5.96. The molecule has 3 heteroatoms. The normalized spacial score (nSPS) is 26.6. The Bertz CT molecular complexity index is 242. The minimum atomic E-state index is 0.0532. The number of rotatable bonds is 7. The minimum Gasteiger partial charge on any atom is -0.323 e. The summed E-state index contributed by atoms with van der Waals surface area (Å²) in [6.07, 6.45) is 6.71. The number of amides is 1. The van der Waals surface area contributed by atoms with E-state index in [9.17, 15) is 4.79 Å². The van der Waals surface area contributed by atoms with Crippen LogP contribution in [0.15, 0.2) is 0 Å². The maximum Gasteiger partial charge on any atom is 0.241 e. The highest BCUT2D eigenvalue weighted by Crippen LogP contribution is 2.23. The van der Waals surface area contributed by atoms with E-state index in [4.69, 9.17) is 0 Å². The lowest BCUT2D eigenvalue weighted by Gasteiger charge is -2.32.